The molecular formula is C11H19BrN2. The Morgan fingerprint density at radius 3 is 2.86 bits per heavy atom. The van der Waals surface area contributed by atoms with Gasteiger partial charge in [0.15, 0.2) is 0 Å². The fourth-order valence-electron chi connectivity index (χ4n) is 1.62. The van der Waals surface area contributed by atoms with Crippen LogP contribution in [0.3, 0.4) is 0 Å². The van der Waals surface area contributed by atoms with Crippen molar-refractivity contribution in [2.75, 3.05) is 0 Å². The van der Waals surface area contributed by atoms with Crippen molar-refractivity contribution >= 4 is 15.9 Å². The Kier molecular flexibility index (Phi) is 5.23. The lowest BCUT2D eigenvalue weighted by Crippen LogP contribution is -2.06. The van der Waals surface area contributed by atoms with Crippen LogP contribution in [0.5, 0.6) is 0 Å². The maximum atomic E-state index is 4.26. The summed E-state index contributed by atoms with van der Waals surface area (Å²) in [6.07, 6.45) is 6.74. The first kappa shape index (κ1) is 11.8. The average Bonchev–Trinajstić information content (AvgIpc) is 2.62. The van der Waals surface area contributed by atoms with Crippen LogP contribution < -0.4 is 0 Å². The number of hydrogen-bond acceptors (Lipinski definition) is 1. The van der Waals surface area contributed by atoms with Gasteiger partial charge in [0.25, 0.3) is 0 Å². The second-order valence-electron chi connectivity index (χ2n) is 3.56. The van der Waals surface area contributed by atoms with Crippen LogP contribution in [-0.4, -0.2) is 14.6 Å². The highest BCUT2D eigenvalue weighted by molar-refractivity contribution is 9.09. The lowest BCUT2D eigenvalue weighted by atomic mass is 10.1. The van der Waals surface area contributed by atoms with Gasteiger partial charge in [0.2, 0.25) is 0 Å². The largest absolute Gasteiger partial charge is 0.270 e. The third-order valence-corrected chi connectivity index (χ3v) is 3.34. The molecule has 3 heteroatoms. The molecule has 2 nitrogen and oxygen atoms in total. The minimum absolute atomic E-state index is 0.660. The number of hydrogen-bond donors (Lipinski definition) is 0. The third kappa shape index (κ3) is 3.45. The van der Waals surface area contributed by atoms with Gasteiger partial charge in [-0.3, -0.25) is 4.68 Å². The Bertz CT molecular complexity index is 258. The summed E-state index contributed by atoms with van der Waals surface area (Å²) in [6.45, 7) is 5.34. The molecular weight excluding hydrogens is 240 g/mol. The monoisotopic (exact) mass is 258 g/mol. The molecule has 0 N–H and O–H groups in total. The van der Waals surface area contributed by atoms with Gasteiger partial charge in [0.05, 0.1) is 0 Å². The summed E-state index contributed by atoms with van der Waals surface area (Å²) in [4.78, 5) is 0.660. The van der Waals surface area contributed by atoms with E-state index in [0.29, 0.717) is 4.83 Å². The van der Waals surface area contributed by atoms with Crippen molar-refractivity contribution in [2.45, 2.75) is 50.9 Å². The van der Waals surface area contributed by atoms with E-state index in [-0.39, 0.29) is 0 Å². The molecule has 0 aliphatic carbocycles. The molecule has 0 aliphatic heterocycles. The molecule has 0 saturated carbocycles. The first-order chi connectivity index (χ1) is 6.77. The van der Waals surface area contributed by atoms with Gasteiger partial charge in [-0.05, 0) is 32.3 Å². The zero-order valence-electron chi connectivity index (χ0n) is 9.04. The number of aryl methyl sites for hydroxylation is 2. The van der Waals surface area contributed by atoms with Crippen LogP contribution >= 0.6 is 15.9 Å². The molecule has 0 aromatic carbocycles. The molecule has 14 heavy (non-hydrogen) atoms. The fourth-order valence-corrected chi connectivity index (χ4v) is 2.31. The maximum absolute atomic E-state index is 4.26. The Balaban J connectivity index is 2.37. The summed E-state index contributed by atoms with van der Waals surface area (Å²) in [5.41, 5.74) is 1.35. The van der Waals surface area contributed by atoms with E-state index >= 15 is 0 Å². The summed E-state index contributed by atoms with van der Waals surface area (Å²) >= 11 is 3.70. The van der Waals surface area contributed by atoms with Gasteiger partial charge in [-0.25, -0.2) is 0 Å². The van der Waals surface area contributed by atoms with E-state index < -0.39 is 0 Å². The Morgan fingerprint density at radius 2 is 2.21 bits per heavy atom. The van der Waals surface area contributed by atoms with E-state index in [9.17, 15) is 0 Å². The number of rotatable bonds is 6. The van der Waals surface area contributed by atoms with Gasteiger partial charge in [0, 0.05) is 23.3 Å². The van der Waals surface area contributed by atoms with Crippen LogP contribution in [-0.2, 0) is 13.0 Å². The van der Waals surface area contributed by atoms with Crippen molar-refractivity contribution in [1.29, 1.82) is 0 Å². The number of aromatic nitrogens is 2. The van der Waals surface area contributed by atoms with E-state index in [2.05, 4.69) is 45.6 Å². The normalized spacial score (nSPS) is 13.1. The van der Waals surface area contributed by atoms with Crippen LogP contribution in [0.1, 0.15) is 38.8 Å². The molecule has 0 bridgehead atoms. The van der Waals surface area contributed by atoms with Gasteiger partial charge in [-0.15, -0.1) is 0 Å². The topological polar surface area (TPSA) is 17.8 Å². The lowest BCUT2D eigenvalue weighted by molar-refractivity contribution is 0.598. The Hall–Kier alpha value is -0.310. The molecule has 1 rings (SSSR count). The summed E-state index contributed by atoms with van der Waals surface area (Å²) in [7, 11) is 0. The van der Waals surface area contributed by atoms with Gasteiger partial charge < -0.3 is 0 Å². The molecule has 1 aromatic rings. The maximum Gasteiger partial charge on any atom is 0.0492 e. The van der Waals surface area contributed by atoms with Crippen molar-refractivity contribution in [3.05, 3.63) is 18.0 Å². The van der Waals surface area contributed by atoms with Gasteiger partial charge in [-0.1, -0.05) is 29.3 Å². The van der Waals surface area contributed by atoms with Gasteiger partial charge in [-0.2, -0.15) is 5.10 Å². The van der Waals surface area contributed by atoms with E-state index in [1.54, 1.807) is 0 Å². The van der Waals surface area contributed by atoms with E-state index in [0.717, 1.165) is 13.0 Å². The van der Waals surface area contributed by atoms with Crippen molar-refractivity contribution in [2.24, 2.45) is 0 Å². The quantitative estimate of drug-likeness (QED) is 0.716. The number of nitrogens with zero attached hydrogens (tertiary/aromatic N) is 2. The first-order valence-corrected chi connectivity index (χ1v) is 6.34. The zero-order chi connectivity index (χ0) is 10.4. The molecule has 1 atom stereocenters. The highest BCUT2D eigenvalue weighted by Gasteiger charge is 2.05. The molecule has 0 saturated heterocycles. The van der Waals surface area contributed by atoms with Crippen molar-refractivity contribution in [1.82, 2.24) is 9.78 Å². The molecule has 0 aliphatic rings. The van der Waals surface area contributed by atoms with Crippen molar-refractivity contribution < 1.29 is 0 Å². The minimum atomic E-state index is 0.660. The second-order valence-corrected chi connectivity index (χ2v) is 4.86. The van der Waals surface area contributed by atoms with Crippen molar-refractivity contribution in [3.63, 3.8) is 0 Å². The molecule has 0 amide bonds. The van der Waals surface area contributed by atoms with Gasteiger partial charge >= 0.3 is 0 Å². The van der Waals surface area contributed by atoms with Crippen LogP contribution in [0.25, 0.3) is 0 Å². The van der Waals surface area contributed by atoms with Crippen LogP contribution in [0.2, 0.25) is 0 Å². The molecule has 0 spiro atoms. The molecule has 1 heterocycles. The molecule has 1 aromatic heterocycles. The zero-order valence-corrected chi connectivity index (χ0v) is 10.6. The van der Waals surface area contributed by atoms with Crippen LogP contribution in [0.4, 0.5) is 0 Å². The van der Waals surface area contributed by atoms with E-state index in [1.165, 1.54) is 25.0 Å². The minimum Gasteiger partial charge on any atom is -0.270 e. The molecule has 80 valence electrons. The molecule has 0 fully saturated rings. The van der Waals surface area contributed by atoms with Crippen LogP contribution in [0.15, 0.2) is 12.3 Å². The van der Waals surface area contributed by atoms with Crippen molar-refractivity contribution in [3.8, 4) is 0 Å². The SMILES string of the molecule is CCCC(Br)CCc1ccnn1CC. The molecule has 1 unspecified atom stereocenters. The highest BCUT2D eigenvalue weighted by atomic mass is 79.9. The van der Waals surface area contributed by atoms with E-state index in [4.69, 9.17) is 0 Å². The van der Waals surface area contributed by atoms with Crippen LogP contribution in [0, 0.1) is 0 Å². The Labute approximate surface area is 94.8 Å². The smallest absolute Gasteiger partial charge is 0.0492 e. The average molecular weight is 259 g/mol. The first-order valence-electron chi connectivity index (χ1n) is 5.42. The predicted molar refractivity (Wildman–Crippen MR) is 63.8 cm³/mol. The second kappa shape index (κ2) is 6.23. The third-order valence-electron chi connectivity index (χ3n) is 2.42. The fraction of sp³-hybridized carbons (Fsp3) is 0.727. The summed E-state index contributed by atoms with van der Waals surface area (Å²) in [5.74, 6) is 0. The lowest BCUT2D eigenvalue weighted by Gasteiger charge is -2.08. The summed E-state index contributed by atoms with van der Waals surface area (Å²) < 4.78 is 2.08. The number of alkyl halides is 1. The molecule has 0 radical (unpaired) electrons. The highest BCUT2D eigenvalue weighted by Crippen LogP contribution is 2.15. The van der Waals surface area contributed by atoms with E-state index in [1.807, 2.05) is 6.20 Å². The predicted octanol–water partition coefficient (Wildman–Crippen LogP) is 3.40. The number of halogens is 1. The summed E-state index contributed by atoms with van der Waals surface area (Å²) in [5, 5.41) is 4.26. The Morgan fingerprint density at radius 1 is 1.43 bits per heavy atom. The summed E-state index contributed by atoms with van der Waals surface area (Å²) in [6, 6.07) is 2.12. The van der Waals surface area contributed by atoms with Gasteiger partial charge in [0.1, 0.15) is 0 Å². The standard InChI is InChI=1S/C11H19BrN2/c1-3-5-10(12)6-7-11-8-9-13-14(11)4-2/h8-10H,3-7H2,1-2H3.